The summed E-state index contributed by atoms with van der Waals surface area (Å²) in [5.41, 5.74) is -1.56. The first-order valence-electron chi connectivity index (χ1n) is 5.80. The van der Waals surface area contributed by atoms with Gasteiger partial charge in [0.25, 0.3) is 0 Å². The molecule has 1 heterocycles. The molecular formula is C13H12F3NO4. The third kappa shape index (κ3) is 4.59. The highest BCUT2D eigenvalue weighted by Gasteiger charge is 2.33. The molecule has 0 amide bonds. The second-order valence-electron chi connectivity index (χ2n) is 3.73. The zero-order chi connectivity index (χ0) is 16.0. The van der Waals surface area contributed by atoms with E-state index in [1.54, 1.807) is 6.92 Å². The zero-order valence-electron chi connectivity index (χ0n) is 11.2. The second-order valence-corrected chi connectivity index (χ2v) is 3.73. The van der Waals surface area contributed by atoms with E-state index in [0.717, 1.165) is 25.5 Å². The Kier molecular flexibility index (Phi) is 5.45. The van der Waals surface area contributed by atoms with Crippen molar-refractivity contribution in [3.8, 4) is 0 Å². The summed E-state index contributed by atoms with van der Waals surface area (Å²) in [6.07, 6.45) is -1.73. The molecular weight excluding hydrogens is 291 g/mol. The van der Waals surface area contributed by atoms with Gasteiger partial charge in [-0.3, -0.25) is 4.98 Å². The largest absolute Gasteiger partial charge is 0.465 e. The highest BCUT2D eigenvalue weighted by atomic mass is 19.4. The summed E-state index contributed by atoms with van der Waals surface area (Å²) < 4.78 is 46.8. The second kappa shape index (κ2) is 6.87. The van der Waals surface area contributed by atoms with E-state index in [1.165, 1.54) is 0 Å². The van der Waals surface area contributed by atoms with E-state index in [4.69, 9.17) is 0 Å². The van der Waals surface area contributed by atoms with Crippen LogP contribution in [0.3, 0.4) is 0 Å². The van der Waals surface area contributed by atoms with Gasteiger partial charge in [-0.2, -0.15) is 13.2 Å². The number of hydrogen-bond donors (Lipinski definition) is 0. The number of aromatic nitrogens is 1. The van der Waals surface area contributed by atoms with Crippen LogP contribution in [0.1, 0.15) is 28.5 Å². The number of rotatable bonds is 4. The van der Waals surface area contributed by atoms with Gasteiger partial charge < -0.3 is 9.47 Å². The normalized spacial score (nSPS) is 11.5. The number of hydrogen-bond acceptors (Lipinski definition) is 5. The van der Waals surface area contributed by atoms with Gasteiger partial charge in [0, 0.05) is 17.8 Å². The van der Waals surface area contributed by atoms with Crippen LogP contribution in [0.5, 0.6) is 0 Å². The molecule has 0 bridgehead atoms. The van der Waals surface area contributed by atoms with E-state index < -0.39 is 23.8 Å². The van der Waals surface area contributed by atoms with Gasteiger partial charge in [-0.15, -0.1) is 0 Å². The first-order chi connectivity index (χ1) is 9.79. The molecule has 114 valence electrons. The number of methoxy groups -OCH3 is 1. The van der Waals surface area contributed by atoms with E-state index in [1.807, 2.05) is 0 Å². The minimum absolute atomic E-state index is 0.0166. The summed E-state index contributed by atoms with van der Waals surface area (Å²) in [6.45, 7) is 1.75. The Morgan fingerprint density at radius 3 is 2.57 bits per heavy atom. The molecule has 0 spiro atoms. The molecule has 1 aromatic heterocycles. The summed E-state index contributed by atoms with van der Waals surface area (Å²) >= 11 is 0. The average molecular weight is 303 g/mol. The number of nitrogens with zero attached hydrogens (tertiary/aromatic N) is 1. The molecule has 0 N–H and O–H groups in total. The van der Waals surface area contributed by atoms with Crippen LogP contribution in [-0.4, -0.2) is 30.6 Å². The summed E-state index contributed by atoms with van der Waals surface area (Å²) in [5.74, 6) is -1.65. The molecule has 1 rings (SSSR count). The highest BCUT2D eigenvalue weighted by molar-refractivity contribution is 5.95. The number of ether oxygens (including phenoxy) is 2. The molecule has 8 heteroatoms. The van der Waals surface area contributed by atoms with Crippen LogP contribution in [0.15, 0.2) is 18.3 Å². The summed E-state index contributed by atoms with van der Waals surface area (Å²) in [6, 6.07) is 0.566. The third-order valence-electron chi connectivity index (χ3n) is 2.32. The maximum absolute atomic E-state index is 12.6. The van der Waals surface area contributed by atoms with E-state index in [9.17, 15) is 22.8 Å². The van der Waals surface area contributed by atoms with Gasteiger partial charge in [0.1, 0.15) is 5.69 Å². The molecule has 0 saturated heterocycles. The molecule has 5 nitrogen and oxygen atoms in total. The minimum Gasteiger partial charge on any atom is -0.465 e. The van der Waals surface area contributed by atoms with E-state index in [0.29, 0.717) is 6.07 Å². The maximum atomic E-state index is 12.6. The maximum Gasteiger partial charge on any atom is 0.433 e. The Morgan fingerprint density at radius 1 is 1.38 bits per heavy atom. The Labute approximate surface area is 118 Å². The van der Waals surface area contributed by atoms with Crippen LogP contribution in [0.25, 0.3) is 6.08 Å². The number of pyridine rings is 1. The Bertz CT molecular complexity index is 567. The smallest absolute Gasteiger partial charge is 0.433 e. The Hall–Kier alpha value is -2.38. The predicted octanol–water partition coefficient (Wildman–Crippen LogP) is 2.46. The fraction of sp³-hybridized carbons (Fsp3) is 0.308. The molecule has 0 radical (unpaired) electrons. The van der Waals surface area contributed by atoms with Gasteiger partial charge in [0.2, 0.25) is 0 Å². The van der Waals surface area contributed by atoms with Crippen LogP contribution >= 0.6 is 0 Å². The van der Waals surface area contributed by atoms with Gasteiger partial charge in [0.05, 0.1) is 19.3 Å². The van der Waals surface area contributed by atoms with Crippen molar-refractivity contribution in [2.45, 2.75) is 13.1 Å². The lowest BCUT2D eigenvalue weighted by Crippen LogP contribution is -2.12. The van der Waals surface area contributed by atoms with E-state index in [-0.39, 0.29) is 17.7 Å². The van der Waals surface area contributed by atoms with Gasteiger partial charge >= 0.3 is 18.1 Å². The van der Waals surface area contributed by atoms with E-state index in [2.05, 4.69) is 14.5 Å². The zero-order valence-corrected chi connectivity index (χ0v) is 11.2. The van der Waals surface area contributed by atoms with Gasteiger partial charge in [0.15, 0.2) is 0 Å². The van der Waals surface area contributed by atoms with Crippen molar-refractivity contribution >= 4 is 18.0 Å². The molecule has 0 aliphatic carbocycles. The number of alkyl halides is 3. The summed E-state index contributed by atoms with van der Waals surface area (Å²) in [7, 11) is 1.04. The average Bonchev–Trinajstić information content (AvgIpc) is 2.43. The first kappa shape index (κ1) is 16.7. The molecule has 1 aromatic rings. The fourth-order valence-electron chi connectivity index (χ4n) is 1.39. The lowest BCUT2D eigenvalue weighted by molar-refractivity contribution is -0.141. The summed E-state index contributed by atoms with van der Waals surface area (Å²) in [5, 5.41) is 0. The number of esters is 2. The molecule has 0 aliphatic rings. The third-order valence-corrected chi connectivity index (χ3v) is 2.32. The number of carbonyl (C=O) groups is 2. The van der Waals surface area contributed by atoms with Gasteiger partial charge in [-0.05, 0) is 19.1 Å². The topological polar surface area (TPSA) is 65.5 Å². The van der Waals surface area contributed by atoms with Crippen LogP contribution in [-0.2, 0) is 20.4 Å². The molecule has 0 atom stereocenters. The number of carbonyl (C=O) groups excluding carboxylic acids is 2. The molecule has 0 aromatic carbocycles. The highest BCUT2D eigenvalue weighted by Crippen LogP contribution is 2.29. The van der Waals surface area contributed by atoms with Crippen molar-refractivity contribution in [3.05, 3.63) is 35.2 Å². The SMILES string of the molecule is CCOC(=O)/C=C/c1cnc(C(F)(F)F)cc1C(=O)OC. The molecule has 0 fully saturated rings. The lowest BCUT2D eigenvalue weighted by atomic mass is 10.1. The molecule has 21 heavy (non-hydrogen) atoms. The standard InChI is InChI=1S/C13H12F3NO4/c1-3-21-11(18)5-4-8-7-17-10(13(14,15)16)6-9(8)12(19)20-2/h4-7H,3H2,1-2H3/b5-4+. The van der Waals surface area contributed by atoms with Gasteiger partial charge in [-0.25, -0.2) is 9.59 Å². The van der Waals surface area contributed by atoms with E-state index >= 15 is 0 Å². The van der Waals surface area contributed by atoms with Crippen molar-refractivity contribution in [2.24, 2.45) is 0 Å². The summed E-state index contributed by atoms with van der Waals surface area (Å²) in [4.78, 5) is 25.9. The fourth-order valence-corrected chi connectivity index (χ4v) is 1.39. The van der Waals surface area contributed by atoms with Crippen LogP contribution < -0.4 is 0 Å². The molecule has 0 aliphatic heterocycles. The monoisotopic (exact) mass is 303 g/mol. The quantitative estimate of drug-likeness (QED) is 0.631. The van der Waals surface area contributed by atoms with Crippen molar-refractivity contribution in [1.82, 2.24) is 4.98 Å². The predicted molar refractivity (Wildman–Crippen MR) is 66.2 cm³/mol. The molecule has 0 unspecified atom stereocenters. The first-order valence-corrected chi connectivity index (χ1v) is 5.80. The Morgan fingerprint density at radius 2 is 2.05 bits per heavy atom. The Balaban J connectivity index is 3.20. The van der Waals surface area contributed by atoms with Crippen LogP contribution in [0.4, 0.5) is 13.2 Å². The van der Waals surface area contributed by atoms with Crippen molar-refractivity contribution < 1.29 is 32.2 Å². The van der Waals surface area contributed by atoms with Gasteiger partial charge in [-0.1, -0.05) is 0 Å². The van der Waals surface area contributed by atoms with Crippen molar-refractivity contribution in [2.75, 3.05) is 13.7 Å². The molecule has 0 saturated carbocycles. The van der Waals surface area contributed by atoms with Crippen molar-refractivity contribution in [3.63, 3.8) is 0 Å². The van der Waals surface area contributed by atoms with Crippen molar-refractivity contribution in [1.29, 1.82) is 0 Å². The van der Waals surface area contributed by atoms with Crippen LogP contribution in [0.2, 0.25) is 0 Å². The van der Waals surface area contributed by atoms with Crippen LogP contribution in [0, 0.1) is 0 Å². The number of halogens is 3. The lowest BCUT2D eigenvalue weighted by Gasteiger charge is -2.09. The minimum atomic E-state index is -4.69.